The minimum absolute atomic E-state index is 0.0340. The molecule has 3 aromatic rings. The fourth-order valence-electron chi connectivity index (χ4n) is 7.14. The number of halogens is 3. The van der Waals surface area contributed by atoms with E-state index in [0.29, 0.717) is 41.8 Å². The van der Waals surface area contributed by atoms with Crippen LogP contribution in [-0.4, -0.2) is 35.8 Å². The Labute approximate surface area is 235 Å². The molecule has 1 spiro atoms. The Morgan fingerprint density at radius 3 is 2.54 bits per heavy atom. The molecular weight excluding hydrogens is 538 g/mol. The van der Waals surface area contributed by atoms with Gasteiger partial charge in [0.2, 0.25) is 11.8 Å². The van der Waals surface area contributed by atoms with E-state index in [0.717, 1.165) is 24.1 Å². The second-order valence-corrected chi connectivity index (χ2v) is 11.9. The number of piperidine rings is 1. The number of benzene rings is 3. The lowest BCUT2D eigenvalue weighted by Gasteiger charge is -2.40. The van der Waals surface area contributed by atoms with E-state index >= 15 is 4.39 Å². The highest BCUT2D eigenvalue weighted by atomic mass is 35.5. The Hall–Kier alpha value is -3.13. The minimum Gasteiger partial charge on any atom is -0.399 e. The quantitative estimate of drug-likeness (QED) is 0.393. The van der Waals surface area contributed by atoms with E-state index < -0.39 is 23.2 Å². The fourth-order valence-corrected chi connectivity index (χ4v) is 7.50. The highest BCUT2D eigenvalue weighted by Crippen LogP contribution is 2.62. The number of fused-ring (bicyclic) bond motifs is 3. The summed E-state index contributed by atoms with van der Waals surface area (Å²) in [7, 11) is 0. The first kappa shape index (κ1) is 24.9. The standard InChI is InChI=1S/C30H27Cl2FN4O2/c31-17-6-11-21-23(14-17)35-29(39)30(21)26(20-2-1-3-22(32)27(20)33)25-24(37(30)15-16-4-5-16)12-13-36(28(25)38)19-9-7-18(34)8-10-19/h1-3,6-11,14,16,24-26H,4-5,12-13,15,34H2,(H,35,39)/t24-,25+,26?,30+/m0/s1. The zero-order valence-electron chi connectivity index (χ0n) is 21.0. The van der Waals surface area contributed by atoms with Gasteiger partial charge in [-0.3, -0.25) is 14.5 Å². The summed E-state index contributed by atoms with van der Waals surface area (Å²) < 4.78 is 16.0. The molecule has 3 fully saturated rings. The predicted octanol–water partition coefficient (Wildman–Crippen LogP) is 5.79. The molecule has 2 saturated heterocycles. The lowest BCUT2D eigenvalue weighted by molar-refractivity contribution is -0.128. The van der Waals surface area contributed by atoms with Crippen LogP contribution in [0.4, 0.5) is 21.5 Å². The van der Waals surface area contributed by atoms with Crippen LogP contribution in [0.3, 0.4) is 0 Å². The molecule has 7 rings (SSSR count). The Bertz CT molecular complexity index is 1510. The molecule has 1 unspecified atom stereocenters. The lowest BCUT2D eigenvalue weighted by atomic mass is 9.70. The number of hydrogen-bond acceptors (Lipinski definition) is 4. The zero-order chi connectivity index (χ0) is 27.1. The zero-order valence-corrected chi connectivity index (χ0v) is 22.6. The molecule has 1 saturated carbocycles. The smallest absolute Gasteiger partial charge is 0.250 e. The Morgan fingerprint density at radius 1 is 1.03 bits per heavy atom. The molecule has 9 heteroatoms. The van der Waals surface area contributed by atoms with Crippen molar-refractivity contribution in [2.45, 2.75) is 36.8 Å². The molecule has 2 amide bonds. The molecule has 3 aromatic carbocycles. The number of hydrogen-bond donors (Lipinski definition) is 2. The number of likely N-dealkylation sites (tertiary alicyclic amines) is 1. The van der Waals surface area contributed by atoms with E-state index in [1.165, 1.54) is 6.07 Å². The SMILES string of the molecule is Nc1ccc(N2CC[C@H]3[C@@H](C2=O)C(c2cccc(Cl)c2F)[C@]2(C(=O)Nc4cc(Cl)ccc42)N3CC2CC2)cc1. The molecule has 39 heavy (non-hydrogen) atoms. The first-order chi connectivity index (χ1) is 18.8. The fraction of sp³-hybridized carbons (Fsp3) is 0.333. The van der Waals surface area contributed by atoms with Gasteiger partial charge in [-0.05, 0) is 73.2 Å². The van der Waals surface area contributed by atoms with Crippen LogP contribution in [0.2, 0.25) is 10.0 Å². The van der Waals surface area contributed by atoms with Crippen LogP contribution in [-0.2, 0) is 15.1 Å². The van der Waals surface area contributed by atoms with Crippen molar-refractivity contribution in [3.63, 3.8) is 0 Å². The molecule has 1 aliphatic carbocycles. The maximum Gasteiger partial charge on any atom is 0.250 e. The van der Waals surface area contributed by atoms with Gasteiger partial charge in [0.25, 0.3) is 0 Å². The van der Waals surface area contributed by atoms with Crippen LogP contribution in [0, 0.1) is 17.7 Å². The number of amides is 2. The maximum absolute atomic E-state index is 16.0. The van der Waals surface area contributed by atoms with Gasteiger partial charge < -0.3 is 16.0 Å². The van der Waals surface area contributed by atoms with Crippen LogP contribution >= 0.6 is 23.2 Å². The summed E-state index contributed by atoms with van der Waals surface area (Å²) in [6.45, 7) is 1.14. The lowest BCUT2D eigenvalue weighted by Crippen LogP contribution is -2.54. The van der Waals surface area contributed by atoms with E-state index in [9.17, 15) is 9.59 Å². The molecule has 3 aliphatic heterocycles. The summed E-state index contributed by atoms with van der Waals surface area (Å²) in [6, 6.07) is 17.1. The van der Waals surface area contributed by atoms with Crippen LogP contribution < -0.4 is 16.0 Å². The van der Waals surface area contributed by atoms with Gasteiger partial charge in [0.15, 0.2) is 0 Å². The Kier molecular flexibility index (Phi) is 5.71. The van der Waals surface area contributed by atoms with E-state index in [2.05, 4.69) is 10.2 Å². The molecule has 3 N–H and O–H groups in total. The number of anilines is 3. The van der Waals surface area contributed by atoms with Crippen molar-refractivity contribution >= 4 is 52.1 Å². The van der Waals surface area contributed by atoms with Crippen LogP contribution in [0.25, 0.3) is 0 Å². The molecule has 200 valence electrons. The third kappa shape index (κ3) is 3.63. The summed E-state index contributed by atoms with van der Waals surface area (Å²) in [4.78, 5) is 32.8. The van der Waals surface area contributed by atoms with Gasteiger partial charge in [-0.2, -0.15) is 0 Å². The summed E-state index contributed by atoms with van der Waals surface area (Å²) in [5, 5.41) is 3.50. The number of rotatable bonds is 4. The van der Waals surface area contributed by atoms with Gasteiger partial charge in [-0.25, -0.2) is 4.39 Å². The van der Waals surface area contributed by atoms with Gasteiger partial charge >= 0.3 is 0 Å². The first-order valence-corrected chi connectivity index (χ1v) is 14.1. The second-order valence-electron chi connectivity index (χ2n) is 11.1. The van der Waals surface area contributed by atoms with Crippen molar-refractivity contribution in [2.24, 2.45) is 11.8 Å². The first-order valence-electron chi connectivity index (χ1n) is 13.3. The maximum atomic E-state index is 16.0. The number of nitrogens with zero attached hydrogens (tertiary/aromatic N) is 2. The Balaban J connectivity index is 1.47. The van der Waals surface area contributed by atoms with Crippen molar-refractivity contribution in [3.05, 3.63) is 87.7 Å². The molecule has 3 heterocycles. The van der Waals surface area contributed by atoms with Gasteiger partial charge in [0.05, 0.1) is 10.9 Å². The van der Waals surface area contributed by atoms with Gasteiger partial charge in [0.1, 0.15) is 11.4 Å². The summed E-state index contributed by atoms with van der Waals surface area (Å²) in [5.41, 5.74) is 7.57. The van der Waals surface area contributed by atoms with Crippen LogP contribution in [0.5, 0.6) is 0 Å². The highest BCUT2D eigenvalue weighted by Gasteiger charge is 2.70. The second kappa shape index (κ2) is 8.95. The largest absolute Gasteiger partial charge is 0.399 e. The summed E-state index contributed by atoms with van der Waals surface area (Å²) in [6.07, 6.45) is 2.78. The average molecular weight is 565 g/mol. The number of nitrogens with one attached hydrogen (secondary N) is 1. The van der Waals surface area contributed by atoms with E-state index in [1.54, 1.807) is 41.3 Å². The van der Waals surface area contributed by atoms with Gasteiger partial charge in [-0.15, -0.1) is 0 Å². The van der Waals surface area contributed by atoms with Crippen molar-refractivity contribution < 1.29 is 14.0 Å². The topological polar surface area (TPSA) is 78.7 Å². The van der Waals surface area contributed by atoms with Crippen LogP contribution in [0.15, 0.2) is 60.7 Å². The number of nitrogens with two attached hydrogens (primary N) is 1. The number of carbonyl (C=O) groups is 2. The molecule has 6 nitrogen and oxygen atoms in total. The highest BCUT2D eigenvalue weighted by molar-refractivity contribution is 6.31. The minimum atomic E-state index is -1.28. The number of nitrogen functional groups attached to an aromatic ring is 1. The monoisotopic (exact) mass is 564 g/mol. The van der Waals surface area contributed by atoms with Crippen molar-refractivity contribution in [1.82, 2.24) is 4.90 Å². The number of carbonyl (C=O) groups excluding carboxylic acids is 2. The van der Waals surface area contributed by atoms with E-state index in [-0.39, 0.29) is 28.4 Å². The molecule has 0 bridgehead atoms. The summed E-state index contributed by atoms with van der Waals surface area (Å²) in [5.74, 6) is -2.02. The molecule has 0 radical (unpaired) electrons. The average Bonchev–Trinajstić information content (AvgIpc) is 3.63. The Morgan fingerprint density at radius 2 is 1.79 bits per heavy atom. The molecule has 0 aromatic heterocycles. The molecule has 4 atom stereocenters. The molecular formula is C30H27Cl2FN4O2. The third-order valence-corrected chi connectivity index (χ3v) is 9.46. The summed E-state index contributed by atoms with van der Waals surface area (Å²) >= 11 is 12.6. The van der Waals surface area contributed by atoms with Crippen LogP contribution in [0.1, 0.15) is 36.3 Å². The van der Waals surface area contributed by atoms with Crippen molar-refractivity contribution in [1.29, 1.82) is 0 Å². The van der Waals surface area contributed by atoms with Gasteiger partial charge in [0, 0.05) is 52.7 Å². The molecule has 4 aliphatic rings. The predicted molar refractivity (Wildman–Crippen MR) is 150 cm³/mol. The normalized spacial score (nSPS) is 28.1. The van der Waals surface area contributed by atoms with Crippen molar-refractivity contribution in [3.8, 4) is 0 Å². The van der Waals surface area contributed by atoms with E-state index in [1.807, 2.05) is 18.2 Å². The van der Waals surface area contributed by atoms with E-state index in [4.69, 9.17) is 28.9 Å². The van der Waals surface area contributed by atoms with Gasteiger partial charge in [-0.1, -0.05) is 41.4 Å². The third-order valence-electron chi connectivity index (χ3n) is 8.94. The van der Waals surface area contributed by atoms with Crippen molar-refractivity contribution in [2.75, 3.05) is 29.0 Å².